The van der Waals surface area contributed by atoms with Crippen LogP contribution in [0.1, 0.15) is 33.4 Å². The van der Waals surface area contributed by atoms with Crippen molar-refractivity contribution in [2.45, 2.75) is 5.41 Å². The van der Waals surface area contributed by atoms with Gasteiger partial charge in [0.1, 0.15) is 11.2 Å². The average molecular weight is 842 g/mol. The number of hydrogen-bond donors (Lipinski definition) is 0. The number of sulfone groups is 1. The van der Waals surface area contributed by atoms with Crippen molar-refractivity contribution in [2.24, 2.45) is 0 Å². The molecule has 0 spiro atoms. The fraction of sp³-hybridized carbons (Fsp3) is 0.0169. The Morgan fingerprint density at radius 1 is 0.391 bits per heavy atom. The van der Waals surface area contributed by atoms with E-state index in [-0.39, 0.29) is 0 Å². The van der Waals surface area contributed by atoms with Crippen LogP contribution >= 0.6 is 0 Å². The smallest absolute Gasteiger partial charge is 0.207 e. The van der Waals surface area contributed by atoms with Crippen molar-refractivity contribution in [3.05, 3.63) is 270 Å². The first kappa shape index (κ1) is 37.7. The number of furan rings is 1. The van der Waals surface area contributed by atoms with Crippen LogP contribution in [-0.4, -0.2) is 8.42 Å². The molecular formula is C59H39NO3S. The van der Waals surface area contributed by atoms with Gasteiger partial charge in [0.25, 0.3) is 0 Å². The van der Waals surface area contributed by atoms with Crippen LogP contribution in [0, 0.1) is 0 Å². The zero-order valence-electron chi connectivity index (χ0n) is 34.6. The summed E-state index contributed by atoms with van der Waals surface area (Å²) in [7, 11) is -3.72. The maximum Gasteiger partial charge on any atom is 0.207 e. The first-order chi connectivity index (χ1) is 31.5. The Morgan fingerprint density at radius 3 is 1.56 bits per heavy atom. The third kappa shape index (κ3) is 5.78. The highest BCUT2D eigenvalue weighted by molar-refractivity contribution is 8.09. The Labute approximate surface area is 372 Å². The molecule has 5 heteroatoms. The van der Waals surface area contributed by atoms with E-state index in [9.17, 15) is 8.42 Å². The van der Waals surface area contributed by atoms with E-state index in [0.29, 0.717) is 20.9 Å². The minimum Gasteiger partial charge on any atom is -0.455 e. The second-order valence-electron chi connectivity index (χ2n) is 16.4. The van der Waals surface area contributed by atoms with Crippen molar-refractivity contribution < 1.29 is 12.8 Å². The number of allylic oxidation sites excluding steroid dienone is 2. The highest BCUT2D eigenvalue weighted by Gasteiger charge is 2.46. The van der Waals surface area contributed by atoms with E-state index >= 15 is 0 Å². The number of rotatable bonds is 8. The predicted octanol–water partition coefficient (Wildman–Crippen LogP) is 14.9. The minimum absolute atomic E-state index is 0.291. The summed E-state index contributed by atoms with van der Waals surface area (Å²) >= 11 is 0. The molecule has 2 aliphatic rings. The van der Waals surface area contributed by atoms with Gasteiger partial charge in [-0.05, 0) is 105 Å². The molecule has 1 aliphatic heterocycles. The fourth-order valence-electron chi connectivity index (χ4n) is 10.1. The Balaban J connectivity index is 1.02. The lowest BCUT2D eigenvalue weighted by Crippen LogP contribution is -2.28. The van der Waals surface area contributed by atoms with Crippen LogP contribution in [0.3, 0.4) is 0 Å². The third-order valence-corrected chi connectivity index (χ3v) is 14.9. The van der Waals surface area contributed by atoms with Gasteiger partial charge in [0.15, 0.2) is 0 Å². The van der Waals surface area contributed by atoms with E-state index < -0.39 is 15.3 Å². The summed E-state index contributed by atoms with van der Waals surface area (Å²) in [5.41, 5.74) is 14.6. The molecule has 1 aliphatic carbocycles. The van der Waals surface area contributed by atoms with Gasteiger partial charge < -0.3 is 9.32 Å². The van der Waals surface area contributed by atoms with Crippen molar-refractivity contribution in [3.8, 4) is 22.3 Å². The van der Waals surface area contributed by atoms with Gasteiger partial charge >= 0.3 is 0 Å². The molecule has 12 rings (SSSR count). The first-order valence-electron chi connectivity index (χ1n) is 21.5. The van der Waals surface area contributed by atoms with Crippen molar-refractivity contribution >= 4 is 58.6 Å². The van der Waals surface area contributed by atoms with Gasteiger partial charge in [0, 0.05) is 33.4 Å². The van der Waals surface area contributed by atoms with E-state index in [1.54, 1.807) is 12.2 Å². The molecule has 2 heterocycles. The summed E-state index contributed by atoms with van der Waals surface area (Å²) in [6.45, 7) is 0. The first-order valence-corrected chi connectivity index (χ1v) is 23.0. The lowest BCUT2D eigenvalue weighted by atomic mass is 9.67. The van der Waals surface area contributed by atoms with Crippen molar-refractivity contribution in [3.63, 3.8) is 0 Å². The van der Waals surface area contributed by atoms with E-state index in [1.165, 1.54) is 33.4 Å². The number of para-hydroxylation sites is 2. The molecule has 0 bridgehead atoms. The summed E-state index contributed by atoms with van der Waals surface area (Å²) < 4.78 is 34.4. The Kier molecular flexibility index (Phi) is 8.75. The SMILES string of the molecule is O=S1(=O)C(c2ccccc2)=CC=C1c1ccc(N(c2ccc(-c3cccc4c3oc3ccccc34)cc2)c2ccc3c(c2)C(c2ccccc2)(c2ccccc2)c2ccccc2-3)cc1. The Morgan fingerprint density at radius 2 is 0.891 bits per heavy atom. The number of hydrogen-bond acceptors (Lipinski definition) is 4. The van der Waals surface area contributed by atoms with Gasteiger partial charge in [-0.25, -0.2) is 8.42 Å². The molecule has 0 atom stereocenters. The zero-order chi connectivity index (χ0) is 42.8. The van der Waals surface area contributed by atoms with Crippen LogP contribution < -0.4 is 4.90 Å². The summed E-state index contributed by atoms with van der Waals surface area (Å²) in [4.78, 5) is 2.87. The van der Waals surface area contributed by atoms with Crippen molar-refractivity contribution in [1.29, 1.82) is 0 Å². The number of anilines is 3. The van der Waals surface area contributed by atoms with Crippen LogP contribution in [-0.2, 0) is 15.3 Å². The molecule has 0 saturated carbocycles. The van der Waals surface area contributed by atoms with E-state index in [2.05, 4.69) is 157 Å². The highest BCUT2D eigenvalue weighted by atomic mass is 32.2. The molecule has 4 nitrogen and oxygen atoms in total. The molecule has 304 valence electrons. The van der Waals surface area contributed by atoms with Gasteiger partial charge in [0.2, 0.25) is 9.84 Å². The number of nitrogens with zero attached hydrogens (tertiary/aromatic N) is 1. The molecule has 9 aromatic carbocycles. The summed E-state index contributed by atoms with van der Waals surface area (Å²) in [6, 6.07) is 77.6. The standard InChI is InChI=1S/C59H39NO3S/c61-64(62)56(41-15-4-1-5-16-41)37-38-57(64)42-29-33-46(34-30-42)60(45-31-27-40(28-32-45)48-23-14-24-52-51-22-11-13-26-55(51)63-58(48)52)47-35-36-50-49-21-10-12-25-53(49)59(54(50)39-47,43-17-6-2-7-18-43)44-19-8-3-9-20-44/h1-39H. The molecule has 0 radical (unpaired) electrons. The van der Waals surface area contributed by atoms with Crippen molar-refractivity contribution in [2.75, 3.05) is 4.90 Å². The molecular weight excluding hydrogens is 803 g/mol. The zero-order valence-corrected chi connectivity index (χ0v) is 35.4. The van der Waals surface area contributed by atoms with E-state index in [4.69, 9.17) is 4.42 Å². The van der Waals surface area contributed by atoms with Gasteiger partial charge in [0.05, 0.1) is 15.2 Å². The number of benzene rings is 9. The summed E-state index contributed by atoms with van der Waals surface area (Å²) in [5.74, 6) is 0. The second-order valence-corrected chi connectivity index (χ2v) is 18.3. The van der Waals surface area contributed by atoms with E-state index in [1.807, 2.05) is 72.8 Å². The lowest BCUT2D eigenvalue weighted by Gasteiger charge is -2.35. The minimum atomic E-state index is -3.72. The van der Waals surface area contributed by atoms with Crippen LogP contribution in [0.25, 0.3) is 54.0 Å². The maximum atomic E-state index is 14.0. The van der Waals surface area contributed by atoms with Crippen LogP contribution in [0.2, 0.25) is 0 Å². The summed E-state index contributed by atoms with van der Waals surface area (Å²) in [6.07, 6.45) is 3.43. The Hall–Kier alpha value is -7.99. The van der Waals surface area contributed by atoms with Crippen molar-refractivity contribution in [1.82, 2.24) is 0 Å². The van der Waals surface area contributed by atoms with Crippen LogP contribution in [0.5, 0.6) is 0 Å². The monoisotopic (exact) mass is 841 g/mol. The largest absolute Gasteiger partial charge is 0.455 e. The van der Waals surface area contributed by atoms with Gasteiger partial charge in [-0.2, -0.15) is 0 Å². The maximum absolute atomic E-state index is 14.0. The molecule has 0 N–H and O–H groups in total. The molecule has 0 fully saturated rings. The van der Waals surface area contributed by atoms with Gasteiger partial charge in [-0.1, -0.05) is 182 Å². The number of fused-ring (bicyclic) bond motifs is 6. The van der Waals surface area contributed by atoms with Crippen LogP contribution in [0.15, 0.2) is 241 Å². The van der Waals surface area contributed by atoms with Gasteiger partial charge in [-0.15, -0.1) is 0 Å². The quantitative estimate of drug-likeness (QED) is 0.153. The molecule has 10 aromatic rings. The molecule has 1 aromatic heterocycles. The Bertz CT molecular complexity index is 3550. The van der Waals surface area contributed by atoms with E-state index in [0.717, 1.165) is 50.1 Å². The van der Waals surface area contributed by atoms with Gasteiger partial charge in [-0.3, -0.25) is 0 Å². The summed E-state index contributed by atoms with van der Waals surface area (Å²) in [5, 5.41) is 2.18. The molecule has 64 heavy (non-hydrogen) atoms. The topological polar surface area (TPSA) is 50.5 Å². The lowest BCUT2D eigenvalue weighted by molar-refractivity contribution is 0.615. The second kappa shape index (κ2) is 14.8. The normalized spacial score (nSPS) is 14.5. The molecule has 0 amide bonds. The highest BCUT2D eigenvalue weighted by Crippen LogP contribution is 2.57. The van der Waals surface area contributed by atoms with Crippen LogP contribution in [0.4, 0.5) is 17.1 Å². The average Bonchev–Trinajstić information content (AvgIpc) is 4.00. The molecule has 0 unspecified atom stereocenters. The third-order valence-electron chi connectivity index (χ3n) is 13.0. The predicted molar refractivity (Wildman–Crippen MR) is 262 cm³/mol. The fourth-order valence-corrected chi connectivity index (χ4v) is 11.7. The molecule has 0 saturated heterocycles.